The van der Waals surface area contributed by atoms with Gasteiger partial charge >= 0.3 is 0 Å². The van der Waals surface area contributed by atoms with Gasteiger partial charge in [0.25, 0.3) is 0 Å². The Morgan fingerprint density at radius 2 is 1.83 bits per heavy atom. The first-order valence-corrected chi connectivity index (χ1v) is 6.63. The summed E-state index contributed by atoms with van der Waals surface area (Å²) < 4.78 is 2.14. The molecular weight excluding hydrogens is 240 g/mol. The molecular formula is C15H14N2S. The van der Waals surface area contributed by atoms with Gasteiger partial charge in [-0.05, 0) is 30.3 Å². The molecule has 0 spiro atoms. The smallest absolute Gasteiger partial charge is 0.0491 e. The Bertz CT molecular complexity index is 686. The highest BCUT2D eigenvalue weighted by atomic mass is 32.2. The number of aryl methyl sites for hydroxylation is 1. The minimum atomic E-state index is 0.809. The maximum absolute atomic E-state index is 5.88. The third-order valence-electron chi connectivity index (χ3n) is 2.95. The lowest BCUT2D eigenvalue weighted by atomic mass is 10.2. The van der Waals surface area contributed by atoms with Crippen molar-refractivity contribution in [3.63, 3.8) is 0 Å². The van der Waals surface area contributed by atoms with Crippen LogP contribution in [0.1, 0.15) is 0 Å². The predicted octanol–water partition coefficient (Wildman–Crippen LogP) is 3.91. The number of hydrogen-bond donors (Lipinski definition) is 1. The molecule has 0 aliphatic carbocycles. The van der Waals surface area contributed by atoms with Crippen LogP contribution in [0, 0.1) is 0 Å². The molecule has 2 aromatic carbocycles. The van der Waals surface area contributed by atoms with Crippen LogP contribution in [0.4, 0.5) is 5.69 Å². The Kier molecular flexibility index (Phi) is 2.76. The lowest BCUT2D eigenvalue weighted by Gasteiger charge is -2.00. The largest absolute Gasteiger partial charge is 0.399 e. The summed E-state index contributed by atoms with van der Waals surface area (Å²) in [6, 6.07) is 16.4. The van der Waals surface area contributed by atoms with E-state index >= 15 is 0 Å². The molecule has 3 aromatic rings. The summed E-state index contributed by atoms with van der Waals surface area (Å²) in [4.78, 5) is 2.48. The quantitative estimate of drug-likeness (QED) is 0.703. The first kappa shape index (κ1) is 11.2. The van der Waals surface area contributed by atoms with E-state index in [-0.39, 0.29) is 0 Å². The second kappa shape index (κ2) is 4.42. The van der Waals surface area contributed by atoms with E-state index in [0.29, 0.717) is 0 Å². The van der Waals surface area contributed by atoms with Crippen molar-refractivity contribution in [1.29, 1.82) is 0 Å². The molecule has 0 saturated heterocycles. The van der Waals surface area contributed by atoms with Crippen LogP contribution in [0.5, 0.6) is 0 Å². The van der Waals surface area contributed by atoms with Crippen LogP contribution in [0.25, 0.3) is 10.9 Å². The Balaban J connectivity index is 2.09. The van der Waals surface area contributed by atoms with Crippen LogP contribution in [0.15, 0.2) is 64.5 Å². The molecule has 0 bridgehead atoms. The lowest BCUT2D eigenvalue weighted by molar-refractivity contribution is 0.957. The van der Waals surface area contributed by atoms with Gasteiger partial charge in [-0.3, -0.25) is 0 Å². The summed E-state index contributed by atoms with van der Waals surface area (Å²) in [6.07, 6.45) is 2.15. The Morgan fingerprint density at radius 1 is 1.06 bits per heavy atom. The summed E-state index contributed by atoms with van der Waals surface area (Å²) in [5, 5.41) is 1.21. The van der Waals surface area contributed by atoms with Crippen LogP contribution >= 0.6 is 11.8 Å². The highest BCUT2D eigenvalue weighted by Crippen LogP contribution is 2.35. The molecule has 0 atom stereocenters. The maximum atomic E-state index is 5.88. The topological polar surface area (TPSA) is 30.9 Å². The predicted molar refractivity (Wildman–Crippen MR) is 77.9 cm³/mol. The molecule has 0 aliphatic heterocycles. The normalized spacial score (nSPS) is 10.9. The summed E-state index contributed by atoms with van der Waals surface area (Å²) in [6.45, 7) is 0. The molecule has 0 radical (unpaired) electrons. The van der Waals surface area contributed by atoms with E-state index in [2.05, 4.69) is 48.1 Å². The van der Waals surface area contributed by atoms with E-state index in [1.165, 1.54) is 20.7 Å². The van der Waals surface area contributed by atoms with Gasteiger partial charge in [0, 0.05) is 39.6 Å². The summed E-state index contributed by atoms with van der Waals surface area (Å²) in [5.74, 6) is 0. The molecule has 1 aromatic heterocycles. The first-order chi connectivity index (χ1) is 8.74. The summed E-state index contributed by atoms with van der Waals surface area (Å²) >= 11 is 1.77. The second-order valence-corrected chi connectivity index (χ2v) is 5.41. The van der Waals surface area contributed by atoms with E-state index < -0.39 is 0 Å². The number of rotatable bonds is 2. The van der Waals surface area contributed by atoms with Crippen LogP contribution in [-0.2, 0) is 7.05 Å². The van der Waals surface area contributed by atoms with Crippen molar-refractivity contribution in [2.45, 2.75) is 9.79 Å². The summed E-state index contributed by atoms with van der Waals surface area (Å²) in [5.41, 5.74) is 7.90. The Hall–Kier alpha value is -1.87. The summed E-state index contributed by atoms with van der Waals surface area (Å²) in [7, 11) is 2.06. The maximum Gasteiger partial charge on any atom is 0.0491 e. The van der Waals surface area contributed by atoms with Gasteiger partial charge < -0.3 is 10.3 Å². The molecule has 3 heteroatoms. The second-order valence-electron chi connectivity index (χ2n) is 4.30. The van der Waals surface area contributed by atoms with E-state index in [0.717, 1.165) is 5.69 Å². The van der Waals surface area contributed by atoms with Crippen LogP contribution in [0.2, 0.25) is 0 Å². The fourth-order valence-corrected chi connectivity index (χ4v) is 3.10. The standard InChI is InChI=1S/C15H14N2S/c1-17-10-15(18-12-5-3-2-4-6-12)13-9-11(16)7-8-14(13)17/h2-10H,16H2,1H3. The van der Waals surface area contributed by atoms with Gasteiger partial charge in [-0.1, -0.05) is 30.0 Å². The van der Waals surface area contributed by atoms with E-state index in [4.69, 9.17) is 5.73 Å². The monoisotopic (exact) mass is 254 g/mol. The van der Waals surface area contributed by atoms with Crippen molar-refractivity contribution in [2.24, 2.45) is 7.05 Å². The zero-order valence-corrected chi connectivity index (χ0v) is 10.9. The lowest BCUT2D eigenvalue weighted by Crippen LogP contribution is -1.85. The molecule has 0 fully saturated rings. The van der Waals surface area contributed by atoms with Crippen LogP contribution in [0.3, 0.4) is 0 Å². The van der Waals surface area contributed by atoms with Crippen molar-refractivity contribution in [2.75, 3.05) is 5.73 Å². The van der Waals surface area contributed by atoms with E-state index in [1.54, 1.807) is 11.8 Å². The Labute approximate surface area is 110 Å². The molecule has 18 heavy (non-hydrogen) atoms. The number of nitrogen functional groups attached to an aromatic ring is 1. The average Bonchev–Trinajstić information content (AvgIpc) is 2.67. The van der Waals surface area contributed by atoms with E-state index in [9.17, 15) is 0 Å². The number of anilines is 1. The van der Waals surface area contributed by atoms with Crippen molar-refractivity contribution in [1.82, 2.24) is 4.57 Å². The number of benzene rings is 2. The fourth-order valence-electron chi connectivity index (χ4n) is 2.07. The molecule has 0 saturated carbocycles. The van der Waals surface area contributed by atoms with Crippen LogP contribution in [-0.4, -0.2) is 4.57 Å². The van der Waals surface area contributed by atoms with Gasteiger partial charge in [-0.25, -0.2) is 0 Å². The highest BCUT2D eigenvalue weighted by molar-refractivity contribution is 7.99. The number of aromatic nitrogens is 1. The van der Waals surface area contributed by atoms with Gasteiger partial charge in [0.05, 0.1) is 0 Å². The fraction of sp³-hybridized carbons (Fsp3) is 0.0667. The average molecular weight is 254 g/mol. The number of hydrogen-bond acceptors (Lipinski definition) is 2. The van der Waals surface area contributed by atoms with Crippen molar-refractivity contribution >= 4 is 28.4 Å². The van der Waals surface area contributed by atoms with Gasteiger partial charge in [0.2, 0.25) is 0 Å². The SMILES string of the molecule is Cn1cc(Sc2ccccc2)c2cc(N)ccc21. The third kappa shape index (κ3) is 1.97. The molecule has 0 amide bonds. The van der Waals surface area contributed by atoms with Gasteiger partial charge in [0.15, 0.2) is 0 Å². The van der Waals surface area contributed by atoms with Crippen molar-refractivity contribution in [3.05, 3.63) is 54.7 Å². The van der Waals surface area contributed by atoms with Crippen molar-refractivity contribution in [3.8, 4) is 0 Å². The molecule has 0 unspecified atom stereocenters. The number of nitrogens with two attached hydrogens (primary N) is 1. The molecule has 2 nitrogen and oxygen atoms in total. The minimum absolute atomic E-state index is 0.809. The molecule has 0 aliphatic rings. The minimum Gasteiger partial charge on any atom is -0.399 e. The number of fused-ring (bicyclic) bond motifs is 1. The zero-order chi connectivity index (χ0) is 12.5. The Morgan fingerprint density at radius 3 is 2.61 bits per heavy atom. The molecule has 1 heterocycles. The van der Waals surface area contributed by atoms with Gasteiger partial charge in [0.1, 0.15) is 0 Å². The molecule has 3 rings (SSSR count). The zero-order valence-electron chi connectivity index (χ0n) is 10.1. The van der Waals surface area contributed by atoms with Gasteiger partial charge in [-0.15, -0.1) is 0 Å². The molecule has 2 N–H and O–H groups in total. The van der Waals surface area contributed by atoms with Gasteiger partial charge in [-0.2, -0.15) is 0 Å². The number of nitrogens with zero attached hydrogens (tertiary/aromatic N) is 1. The highest BCUT2D eigenvalue weighted by Gasteiger charge is 2.08. The van der Waals surface area contributed by atoms with Crippen molar-refractivity contribution < 1.29 is 0 Å². The first-order valence-electron chi connectivity index (χ1n) is 5.81. The molecule has 90 valence electrons. The van der Waals surface area contributed by atoms with Crippen LogP contribution < -0.4 is 5.73 Å². The third-order valence-corrected chi connectivity index (χ3v) is 4.00. The van der Waals surface area contributed by atoms with E-state index in [1.807, 2.05) is 18.2 Å².